The molecule has 2 unspecified atom stereocenters. The monoisotopic (exact) mass is 287 g/mol. The summed E-state index contributed by atoms with van der Waals surface area (Å²) in [5.41, 5.74) is -0.554. The van der Waals surface area contributed by atoms with Crippen molar-refractivity contribution >= 4 is 14.3 Å². The number of hydrogen-bond acceptors (Lipinski definition) is 4. The highest BCUT2D eigenvalue weighted by Crippen LogP contribution is 2.40. The predicted molar refractivity (Wildman–Crippen MR) is 79.7 cm³/mol. The molecule has 0 radical (unpaired) electrons. The Bertz CT molecular complexity index is 351. The standard InChI is InChI=1S/C14H29NO3Si/c1-13(2,3)19(7,8)18-11-9-14(4,12(16)17-6)15(5)10-11/h11H,9-10H2,1-8H3. The minimum Gasteiger partial charge on any atom is -0.468 e. The zero-order valence-electron chi connectivity index (χ0n) is 13.7. The van der Waals surface area contributed by atoms with Crippen LogP contribution >= 0.6 is 0 Å². The van der Waals surface area contributed by atoms with Gasteiger partial charge in [-0.1, -0.05) is 20.8 Å². The van der Waals surface area contributed by atoms with Gasteiger partial charge < -0.3 is 9.16 Å². The largest absolute Gasteiger partial charge is 0.468 e. The fourth-order valence-electron chi connectivity index (χ4n) is 2.30. The van der Waals surface area contributed by atoms with E-state index in [1.54, 1.807) is 0 Å². The minimum absolute atomic E-state index is 0.120. The molecule has 1 rings (SSSR count). The summed E-state index contributed by atoms with van der Waals surface area (Å²) in [7, 11) is 1.63. The molecular formula is C14H29NO3Si. The molecule has 0 amide bonds. The average molecular weight is 287 g/mol. The molecule has 0 N–H and O–H groups in total. The first-order chi connectivity index (χ1) is 8.44. The summed E-state index contributed by atoms with van der Waals surface area (Å²) in [4.78, 5) is 14.0. The van der Waals surface area contributed by atoms with Crippen molar-refractivity contribution in [2.24, 2.45) is 0 Å². The van der Waals surface area contributed by atoms with E-state index >= 15 is 0 Å². The topological polar surface area (TPSA) is 38.8 Å². The van der Waals surface area contributed by atoms with Crippen molar-refractivity contribution in [2.45, 2.75) is 63.9 Å². The molecule has 1 fully saturated rings. The van der Waals surface area contributed by atoms with E-state index in [-0.39, 0.29) is 17.1 Å². The van der Waals surface area contributed by atoms with Gasteiger partial charge in [-0.15, -0.1) is 0 Å². The molecule has 112 valence electrons. The number of likely N-dealkylation sites (N-methyl/N-ethyl adjacent to an activating group) is 1. The Hall–Kier alpha value is -0.393. The summed E-state index contributed by atoms with van der Waals surface area (Å²) in [6.45, 7) is 13.9. The van der Waals surface area contributed by atoms with Gasteiger partial charge in [-0.2, -0.15) is 0 Å². The Labute approximate surface area is 118 Å². The van der Waals surface area contributed by atoms with Crippen LogP contribution in [0.25, 0.3) is 0 Å². The third-order valence-electron chi connectivity index (χ3n) is 4.84. The van der Waals surface area contributed by atoms with Crippen LogP contribution in [0.4, 0.5) is 0 Å². The number of hydrogen-bond donors (Lipinski definition) is 0. The molecule has 2 atom stereocenters. The number of nitrogens with zero attached hydrogens (tertiary/aromatic N) is 1. The molecule has 0 aromatic heterocycles. The van der Waals surface area contributed by atoms with Gasteiger partial charge in [-0.05, 0) is 32.1 Å². The lowest BCUT2D eigenvalue weighted by molar-refractivity contribution is -0.151. The summed E-state index contributed by atoms with van der Waals surface area (Å²) < 4.78 is 11.3. The number of likely N-dealkylation sites (tertiary alicyclic amines) is 1. The lowest BCUT2D eigenvalue weighted by Crippen LogP contribution is -2.46. The summed E-state index contributed by atoms with van der Waals surface area (Å²) in [5, 5.41) is 0.190. The lowest BCUT2D eigenvalue weighted by atomic mass is 9.99. The summed E-state index contributed by atoms with van der Waals surface area (Å²) in [6.07, 6.45) is 0.831. The van der Waals surface area contributed by atoms with Gasteiger partial charge in [0.2, 0.25) is 0 Å². The van der Waals surface area contributed by atoms with E-state index in [0.717, 1.165) is 6.54 Å². The quantitative estimate of drug-likeness (QED) is 0.591. The molecule has 0 bridgehead atoms. The molecule has 1 heterocycles. The second-order valence-electron chi connectivity index (χ2n) is 7.35. The van der Waals surface area contributed by atoms with Gasteiger partial charge in [0.1, 0.15) is 5.54 Å². The maximum absolute atomic E-state index is 11.9. The second-order valence-corrected chi connectivity index (χ2v) is 12.1. The van der Waals surface area contributed by atoms with Crippen LogP contribution in [0.2, 0.25) is 18.1 Å². The van der Waals surface area contributed by atoms with Crippen LogP contribution in [0.1, 0.15) is 34.1 Å². The number of methoxy groups -OCH3 is 1. The first-order valence-corrected chi connectivity index (χ1v) is 9.82. The normalized spacial score (nSPS) is 29.6. The molecule has 4 nitrogen and oxygen atoms in total. The van der Waals surface area contributed by atoms with E-state index in [2.05, 4.69) is 38.8 Å². The first kappa shape index (κ1) is 16.7. The van der Waals surface area contributed by atoms with E-state index in [1.165, 1.54) is 7.11 Å². The van der Waals surface area contributed by atoms with Crippen molar-refractivity contribution in [3.05, 3.63) is 0 Å². The molecule has 1 aliphatic heterocycles. The molecule has 1 saturated heterocycles. The summed E-state index contributed by atoms with van der Waals surface area (Å²) in [5.74, 6) is -0.170. The number of carbonyl (C=O) groups excluding carboxylic acids is 1. The van der Waals surface area contributed by atoms with Crippen molar-refractivity contribution < 1.29 is 14.0 Å². The van der Waals surface area contributed by atoms with Crippen LogP contribution in [-0.4, -0.2) is 51.5 Å². The third kappa shape index (κ3) is 3.20. The van der Waals surface area contributed by atoms with Crippen molar-refractivity contribution in [2.75, 3.05) is 20.7 Å². The average Bonchev–Trinajstić information content (AvgIpc) is 2.51. The van der Waals surface area contributed by atoms with E-state index in [4.69, 9.17) is 9.16 Å². The van der Waals surface area contributed by atoms with Gasteiger partial charge >= 0.3 is 5.97 Å². The molecule has 0 aromatic carbocycles. The fourth-order valence-corrected chi connectivity index (χ4v) is 3.65. The summed E-state index contributed by atoms with van der Waals surface area (Å²) >= 11 is 0. The highest BCUT2D eigenvalue weighted by molar-refractivity contribution is 6.74. The highest BCUT2D eigenvalue weighted by Gasteiger charge is 2.49. The predicted octanol–water partition coefficient (Wildman–Crippen LogP) is 2.64. The van der Waals surface area contributed by atoms with Gasteiger partial charge in [0.15, 0.2) is 8.32 Å². The second kappa shape index (κ2) is 5.18. The summed E-state index contributed by atoms with van der Waals surface area (Å²) in [6, 6.07) is 0. The minimum atomic E-state index is -1.79. The molecule has 0 spiro atoms. The van der Waals surface area contributed by atoms with Crippen LogP contribution in [-0.2, 0) is 14.0 Å². The molecule has 0 saturated carbocycles. The number of carbonyl (C=O) groups is 1. The van der Waals surface area contributed by atoms with Gasteiger partial charge in [0.25, 0.3) is 0 Å². The van der Waals surface area contributed by atoms with E-state index in [0.29, 0.717) is 6.42 Å². The molecular weight excluding hydrogens is 258 g/mol. The Balaban J connectivity index is 2.79. The lowest BCUT2D eigenvalue weighted by Gasteiger charge is -2.38. The maximum Gasteiger partial charge on any atom is 0.326 e. The number of ether oxygens (including phenoxy) is 1. The zero-order chi connectivity index (χ0) is 15.1. The smallest absolute Gasteiger partial charge is 0.326 e. The van der Waals surface area contributed by atoms with Crippen molar-refractivity contribution in [3.8, 4) is 0 Å². The molecule has 0 aromatic rings. The van der Waals surface area contributed by atoms with Crippen LogP contribution in [0.5, 0.6) is 0 Å². The first-order valence-electron chi connectivity index (χ1n) is 6.91. The molecule has 0 aliphatic carbocycles. The van der Waals surface area contributed by atoms with Gasteiger partial charge in [0.05, 0.1) is 13.2 Å². The number of esters is 1. The zero-order valence-corrected chi connectivity index (χ0v) is 14.7. The Morgan fingerprint density at radius 1 is 1.37 bits per heavy atom. The van der Waals surface area contributed by atoms with E-state index < -0.39 is 13.9 Å². The number of rotatable bonds is 3. The molecule has 1 aliphatic rings. The van der Waals surface area contributed by atoms with Crippen LogP contribution in [0.15, 0.2) is 0 Å². The van der Waals surface area contributed by atoms with Gasteiger partial charge in [-0.3, -0.25) is 9.69 Å². The van der Waals surface area contributed by atoms with Gasteiger partial charge in [0, 0.05) is 13.0 Å². The van der Waals surface area contributed by atoms with Crippen molar-refractivity contribution in [1.29, 1.82) is 0 Å². The molecule has 5 heteroatoms. The van der Waals surface area contributed by atoms with Crippen LogP contribution < -0.4 is 0 Å². The van der Waals surface area contributed by atoms with Crippen LogP contribution in [0, 0.1) is 0 Å². The van der Waals surface area contributed by atoms with Crippen LogP contribution in [0.3, 0.4) is 0 Å². The van der Waals surface area contributed by atoms with E-state index in [9.17, 15) is 4.79 Å². The van der Waals surface area contributed by atoms with Crippen molar-refractivity contribution in [3.63, 3.8) is 0 Å². The van der Waals surface area contributed by atoms with E-state index in [1.807, 2.05) is 14.0 Å². The maximum atomic E-state index is 11.9. The fraction of sp³-hybridized carbons (Fsp3) is 0.929. The Kier molecular flexibility index (Phi) is 4.55. The van der Waals surface area contributed by atoms with Crippen molar-refractivity contribution in [1.82, 2.24) is 4.90 Å². The molecule has 19 heavy (non-hydrogen) atoms. The SMILES string of the molecule is COC(=O)C1(C)CC(O[Si](C)(C)C(C)(C)C)CN1C. The Morgan fingerprint density at radius 2 is 1.89 bits per heavy atom. The Morgan fingerprint density at radius 3 is 2.32 bits per heavy atom. The van der Waals surface area contributed by atoms with Gasteiger partial charge in [-0.25, -0.2) is 0 Å². The third-order valence-corrected chi connectivity index (χ3v) is 9.37. The highest BCUT2D eigenvalue weighted by atomic mass is 28.4.